The first-order chi connectivity index (χ1) is 11.3. The Balaban J connectivity index is 2.03. The van der Waals surface area contributed by atoms with Crippen molar-refractivity contribution in [3.63, 3.8) is 0 Å². The van der Waals surface area contributed by atoms with E-state index in [1.54, 1.807) is 6.92 Å². The van der Waals surface area contributed by atoms with Gasteiger partial charge in [0.1, 0.15) is 11.5 Å². The fraction of sp³-hybridized carbons (Fsp3) is 0.176. The Morgan fingerprint density at radius 2 is 1.38 bits per heavy atom. The molecule has 0 aromatic heterocycles. The van der Waals surface area contributed by atoms with Gasteiger partial charge in [-0.2, -0.15) is 13.2 Å². The number of hydrogen-bond acceptors (Lipinski definition) is 4. The average Bonchev–Trinajstić information content (AvgIpc) is 2.55. The molecule has 0 bridgehead atoms. The molecule has 0 radical (unpaired) electrons. The van der Waals surface area contributed by atoms with E-state index in [2.05, 4.69) is 0 Å². The highest BCUT2D eigenvalue weighted by Crippen LogP contribution is 2.30. The lowest BCUT2D eigenvalue weighted by Gasteiger charge is -2.08. The summed E-state index contributed by atoms with van der Waals surface area (Å²) in [4.78, 5) is 23.1. The molecule has 2 aromatic rings. The highest BCUT2D eigenvalue weighted by molar-refractivity contribution is 5.91. The number of carbonyl (C=O) groups excluding carboxylic acids is 2. The van der Waals surface area contributed by atoms with Crippen LogP contribution in [0.25, 0.3) is 0 Å². The summed E-state index contributed by atoms with van der Waals surface area (Å²) in [7, 11) is 0. The minimum absolute atomic E-state index is 0.00510. The van der Waals surface area contributed by atoms with Crippen LogP contribution in [0.3, 0.4) is 0 Å². The quantitative estimate of drug-likeness (QED) is 0.618. The van der Waals surface area contributed by atoms with Crippen molar-refractivity contribution < 1.29 is 32.2 Å². The number of esters is 2. The summed E-state index contributed by atoms with van der Waals surface area (Å²) >= 11 is 0. The third kappa shape index (κ3) is 4.58. The van der Waals surface area contributed by atoms with Gasteiger partial charge in [-0.3, -0.25) is 4.79 Å². The molecule has 2 aromatic carbocycles. The van der Waals surface area contributed by atoms with Gasteiger partial charge in [-0.05, 0) is 48.5 Å². The maximum atomic E-state index is 12.5. The first-order valence-electron chi connectivity index (χ1n) is 7.00. The number of benzene rings is 2. The van der Waals surface area contributed by atoms with Crippen LogP contribution in [-0.4, -0.2) is 11.9 Å². The van der Waals surface area contributed by atoms with E-state index in [0.29, 0.717) is 0 Å². The lowest BCUT2D eigenvalue weighted by molar-refractivity contribution is -0.137. The lowest BCUT2D eigenvalue weighted by atomic mass is 10.2. The fourth-order valence-corrected chi connectivity index (χ4v) is 1.74. The van der Waals surface area contributed by atoms with Gasteiger partial charge in [0.15, 0.2) is 0 Å². The summed E-state index contributed by atoms with van der Waals surface area (Å²) < 4.78 is 47.3. The zero-order chi connectivity index (χ0) is 17.7. The van der Waals surface area contributed by atoms with Gasteiger partial charge >= 0.3 is 18.1 Å². The Labute approximate surface area is 135 Å². The largest absolute Gasteiger partial charge is 0.427 e. The lowest BCUT2D eigenvalue weighted by Crippen LogP contribution is -2.10. The van der Waals surface area contributed by atoms with E-state index in [-0.39, 0.29) is 23.5 Å². The minimum Gasteiger partial charge on any atom is -0.427 e. The molecule has 0 aliphatic heterocycles. The Morgan fingerprint density at radius 3 is 1.88 bits per heavy atom. The molecule has 0 N–H and O–H groups in total. The predicted octanol–water partition coefficient (Wildman–Crippen LogP) is 4.24. The second kappa shape index (κ2) is 7.16. The van der Waals surface area contributed by atoms with Gasteiger partial charge in [0.25, 0.3) is 0 Å². The maximum Gasteiger partial charge on any atom is 0.416 e. The van der Waals surface area contributed by atoms with Crippen LogP contribution < -0.4 is 9.47 Å². The third-order valence-corrected chi connectivity index (χ3v) is 3.00. The van der Waals surface area contributed by atoms with Crippen LogP contribution in [0, 0.1) is 0 Å². The van der Waals surface area contributed by atoms with E-state index in [9.17, 15) is 22.8 Å². The Morgan fingerprint density at radius 1 is 0.875 bits per heavy atom. The molecule has 0 aliphatic rings. The first kappa shape index (κ1) is 17.5. The second-order valence-electron chi connectivity index (χ2n) is 4.76. The fourth-order valence-electron chi connectivity index (χ4n) is 1.74. The molecule has 0 amide bonds. The summed E-state index contributed by atoms with van der Waals surface area (Å²) in [5.74, 6) is -0.861. The molecule has 7 heteroatoms. The molecule has 4 nitrogen and oxygen atoms in total. The number of hydrogen-bond donors (Lipinski definition) is 0. The van der Waals surface area contributed by atoms with E-state index >= 15 is 0 Å². The Kier molecular flexibility index (Phi) is 5.23. The van der Waals surface area contributed by atoms with Crippen LogP contribution in [0.4, 0.5) is 13.2 Å². The van der Waals surface area contributed by atoms with Crippen molar-refractivity contribution in [3.8, 4) is 11.5 Å². The van der Waals surface area contributed by atoms with Gasteiger partial charge in [-0.15, -0.1) is 0 Å². The van der Waals surface area contributed by atoms with Crippen LogP contribution >= 0.6 is 0 Å². The van der Waals surface area contributed by atoms with Crippen molar-refractivity contribution in [1.82, 2.24) is 0 Å². The Bertz CT molecular complexity index is 719. The van der Waals surface area contributed by atoms with Crippen LogP contribution in [0.2, 0.25) is 0 Å². The van der Waals surface area contributed by atoms with E-state index in [1.807, 2.05) is 0 Å². The number of halogens is 3. The molecule has 24 heavy (non-hydrogen) atoms. The number of ether oxygens (including phenoxy) is 2. The molecule has 0 spiro atoms. The summed E-state index contributed by atoms with van der Waals surface area (Å²) in [5.41, 5.74) is -0.657. The number of rotatable bonds is 4. The molecule has 0 fully saturated rings. The van der Waals surface area contributed by atoms with Crippen molar-refractivity contribution in [1.29, 1.82) is 0 Å². The highest BCUT2D eigenvalue weighted by atomic mass is 19.4. The second-order valence-corrected chi connectivity index (χ2v) is 4.76. The maximum absolute atomic E-state index is 12.5. The van der Waals surface area contributed by atoms with Gasteiger partial charge in [0.05, 0.1) is 11.1 Å². The third-order valence-electron chi connectivity index (χ3n) is 3.00. The topological polar surface area (TPSA) is 52.6 Å². The molecule has 0 aliphatic carbocycles. The van der Waals surface area contributed by atoms with Gasteiger partial charge in [-0.25, -0.2) is 4.79 Å². The van der Waals surface area contributed by atoms with Crippen LogP contribution in [0.1, 0.15) is 29.3 Å². The summed E-state index contributed by atoms with van der Waals surface area (Å²) in [6.07, 6.45) is -4.23. The molecule has 0 atom stereocenters. The molecular formula is C17H13F3O4. The number of carbonyl (C=O) groups is 2. The van der Waals surface area contributed by atoms with E-state index < -0.39 is 23.7 Å². The zero-order valence-corrected chi connectivity index (χ0v) is 12.6. The van der Waals surface area contributed by atoms with Gasteiger partial charge in [0.2, 0.25) is 0 Å². The first-order valence-corrected chi connectivity index (χ1v) is 7.00. The molecule has 0 saturated carbocycles. The molecule has 0 unspecified atom stereocenters. The molecule has 0 saturated heterocycles. The van der Waals surface area contributed by atoms with Crippen molar-refractivity contribution in [2.45, 2.75) is 19.5 Å². The van der Waals surface area contributed by atoms with Crippen molar-refractivity contribution in [2.24, 2.45) is 0 Å². The van der Waals surface area contributed by atoms with Gasteiger partial charge < -0.3 is 9.47 Å². The number of alkyl halides is 3. The monoisotopic (exact) mass is 338 g/mol. The molecule has 0 heterocycles. The Hall–Kier alpha value is -2.83. The van der Waals surface area contributed by atoms with Gasteiger partial charge in [-0.1, -0.05) is 6.92 Å². The summed E-state index contributed by atoms with van der Waals surface area (Å²) in [6.45, 7) is 1.65. The van der Waals surface area contributed by atoms with E-state index in [1.165, 1.54) is 24.3 Å². The molecular weight excluding hydrogens is 325 g/mol. The van der Waals surface area contributed by atoms with Crippen molar-refractivity contribution >= 4 is 11.9 Å². The minimum atomic E-state index is -4.45. The standard InChI is InChI=1S/C17H13F3O4/c1-2-15(21)23-13-7-3-11(4-8-13)16(22)24-14-9-5-12(6-10-14)17(18,19)20/h3-10H,2H2,1H3. The summed E-state index contributed by atoms with van der Waals surface area (Å²) in [6, 6.07) is 9.44. The summed E-state index contributed by atoms with van der Waals surface area (Å²) in [5, 5.41) is 0. The SMILES string of the molecule is CCC(=O)Oc1ccc(C(=O)Oc2ccc(C(F)(F)F)cc2)cc1. The zero-order valence-electron chi connectivity index (χ0n) is 12.6. The van der Waals surface area contributed by atoms with Crippen molar-refractivity contribution in [2.75, 3.05) is 0 Å². The van der Waals surface area contributed by atoms with E-state index in [4.69, 9.17) is 9.47 Å². The van der Waals surface area contributed by atoms with Crippen LogP contribution in [0.15, 0.2) is 48.5 Å². The molecule has 126 valence electrons. The average molecular weight is 338 g/mol. The molecule has 2 rings (SSSR count). The van der Waals surface area contributed by atoms with Crippen molar-refractivity contribution in [3.05, 3.63) is 59.7 Å². The normalized spacial score (nSPS) is 11.0. The van der Waals surface area contributed by atoms with E-state index in [0.717, 1.165) is 24.3 Å². The predicted molar refractivity (Wildman–Crippen MR) is 78.8 cm³/mol. The van der Waals surface area contributed by atoms with Crippen LogP contribution in [-0.2, 0) is 11.0 Å². The highest BCUT2D eigenvalue weighted by Gasteiger charge is 2.30. The van der Waals surface area contributed by atoms with Crippen LogP contribution in [0.5, 0.6) is 11.5 Å². The smallest absolute Gasteiger partial charge is 0.416 e. The van der Waals surface area contributed by atoms with Gasteiger partial charge in [0, 0.05) is 6.42 Å².